The highest BCUT2D eigenvalue weighted by Gasteiger charge is 2.31. The second-order valence-electron chi connectivity index (χ2n) is 11.9. The highest BCUT2D eigenvalue weighted by Crippen LogP contribution is 2.38. The van der Waals surface area contributed by atoms with Crippen molar-refractivity contribution < 1.29 is 5.11 Å². The number of rotatable bonds is 8. The van der Waals surface area contributed by atoms with Gasteiger partial charge in [-0.1, -0.05) is 36.4 Å². The third-order valence-corrected chi connectivity index (χ3v) is 9.27. The number of nitrogens with zero attached hydrogens (tertiary/aromatic N) is 6. The number of aromatic nitrogens is 5. The molecule has 5 aromatic rings. The highest BCUT2D eigenvalue weighted by atomic mass is 16.3. The van der Waals surface area contributed by atoms with Gasteiger partial charge in [-0.15, -0.1) is 0 Å². The maximum absolute atomic E-state index is 9.15. The molecule has 9 heteroatoms. The Morgan fingerprint density at radius 2 is 1.69 bits per heavy atom. The molecule has 7 rings (SSSR count). The number of piperazine rings is 1. The largest absolute Gasteiger partial charge is 0.396 e. The van der Waals surface area contributed by atoms with Gasteiger partial charge < -0.3 is 20.7 Å². The third-order valence-electron chi connectivity index (χ3n) is 9.27. The summed E-state index contributed by atoms with van der Waals surface area (Å²) >= 11 is 0. The van der Waals surface area contributed by atoms with Crippen molar-refractivity contribution in [2.24, 2.45) is 0 Å². The zero-order valence-corrected chi connectivity index (χ0v) is 24.1. The molecule has 1 aliphatic carbocycles. The fraction of sp³-hybridized carbons (Fsp3) is 0.424. The Bertz CT molecular complexity index is 1650. The van der Waals surface area contributed by atoms with Crippen LogP contribution in [0.25, 0.3) is 33.2 Å². The number of anilines is 1. The Hall–Kier alpha value is -3.79. The van der Waals surface area contributed by atoms with Gasteiger partial charge in [-0.05, 0) is 55.9 Å². The highest BCUT2D eigenvalue weighted by molar-refractivity contribution is 6.00. The maximum Gasteiger partial charge on any atom is 0.164 e. The molecule has 0 radical (unpaired) electrons. The summed E-state index contributed by atoms with van der Waals surface area (Å²) < 4.78 is 2.13. The van der Waals surface area contributed by atoms with Gasteiger partial charge in [-0.2, -0.15) is 5.10 Å². The summed E-state index contributed by atoms with van der Waals surface area (Å²) in [5, 5.41) is 16.3. The summed E-state index contributed by atoms with van der Waals surface area (Å²) in [5.74, 6) is 0.480. The Labute approximate surface area is 246 Å². The Morgan fingerprint density at radius 1 is 0.905 bits per heavy atom. The normalized spacial score (nSPS) is 20.5. The van der Waals surface area contributed by atoms with Gasteiger partial charge in [-0.25, -0.2) is 14.6 Å². The summed E-state index contributed by atoms with van der Waals surface area (Å²) in [4.78, 5) is 17.8. The summed E-state index contributed by atoms with van der Waals surface area (Å²) in [6, 6.07) is 20.2. The predicted octanol–water partition coefficient (Wildman–Crippen LogP) is 4.63. The molecule has 0 bridgehead atoms. The quantitative estimate of drug-likeness (QED) is 0.252. The van der Waals surface area contributed by atoms with Gasteiger partial charge in [0.15, 0.2) is 5.65 Å². The van der Waals surface area contributed by atoms with Crippen LogP contribution in [0.2, 0.25) is 0 Å². The molecule has 1 saturated carbocycles. The number of nitrogens with two attached hydrogens (primary N) is 1. The number of hydrogen-bond acceptors (Lipinski definition) is 7. The van der Waals surface area contributed by atoms with Crippen LogP contribution in [0.3, 0.4) is 0 Å². The lowest BCUT2D eigenvalue weighted by Gasteiger charge is -2.42. The molecule has 1 saturated heterocycles. The molecule has 1 aliphatic heterocycles. The minimum atomic E-state index is 0.279. The Morgan fingerprint density at radius 3 is 2.48 bits per heavy atom. The van der Waals surface area contributed by atoms with Crippen LogP contribution < -0.4 is 5.73 Å². The molecule has 0 amide bonds. The van der Waals surface area contributed by atoms with Crippen LogP contribution in [0.5, 0.6) is 0 Å². The number of aliphatic hydroxyl groups excluding tert-OH is 1. The molecule has 2 fully saturated rings. The first-order valence-electron chi connectivity index (χ1n) is 15.4. The lowest BCUT2D eigenvalue weighted by atomic mass is 9.90. The molecule has 2 aromatic carbocycles. The number of H-pyrrole nitrogens is 1. The topological polar surface area (TPSA) is 112 Å². The van der Waals surface area contributed by atoms with E-state index in [0.29, 0.717) is 17.9 Å². The standard InChI is InChI=1S/C33H40N8O/c34-32-30-31(24-7-12-29-25(20-24)21-26(37-29)19-23-5-2-1-3-6-23)38-41(33(30)36-22-35-32)28-10-8-27(9-11-28)40-16-14-39(15-17-40)13-4-18-42/h1-3,5-7,12,20-22,27-28,37,42H,4,8-11,13-19H2,(H2,34,35,36)/t27-,28-. The number of nitrogens with one attached hydrogen (secondary N) is 1. The van der Waals surface area contributed by atoms with E-state index in [1.54, 1.807) is 6.33 Å². The molecule has 0 unspecified atom stereocenters. The van der Waals surface area contributed by atoms with Crippen LogP contribution in [-0.4, -0.2) is 85.0 Å². The molecule has 0 atom stereocenters. The average Bonchev–Trinajstić information content (AvgIpc) is 3.62. The monoisotopic (exact) mass is 564 g/mol. The van der Waals surface area contributed by atoms with Crippen molar-refractivity contribution in [2.45, 2.75) is 50.6 Å². The number of nitrogen functional groups attached to an aromatic ring is 1. The van der Waals surface area contributed by atoms with E-state index >= 15 is 0 Å². The van der Waals surface area contributed by atoms with E-state index in [0.717, 1.165) is 104 Å². The van der Waals surface area contributed by atoms with E-state index < -0.39 is 0 Å². The summed E-state index contributed by atoms with van der Waals surface area (Å²) in [6.07, 6.45) is 7.78. The molecule has 4 N–H and O–H groups in total. The van der Waals surface area contributed by atoms with Crippen LogP contribution in [0.4, 0.5) is 5.82 Å². The minimum Gasteiger partial charge on any atom is -0.396 e. The fourth-order valence-corrected chi connectivity index (χ4v) is 7.02. The van der Waals surface area contributed by atoms with E-state index in [2.05, 4.69) is 84.0 Å². The molecule has 0 spiro atoms. The van der Waals surface area contributed by atoms with Crippen molar-refractivity contribution in [2.75, 3.05) is 45.1 Å². The summed E-state index contributed by atoms with van der Waals surface area (Å²) in [6.45, 7) is 5.72. The first-order valence-corrected chi connectivity index (χ1v) is 15.4. The van der Waals surface area contributed by atoms with Crippen molar-refractivity contribution in [1.29, 1.82) is 0 Å². The maximum atomic E-state index is 9.15. The molecule has 4 heterocycles. The Kier molecular flexibility index (Phi) is 7.63. The number of aliphatic hydroxyl groups is 1. The number of benzene rings is 2. The molecule has 9 nitrogen and oxygen atoms in total. The second kappa shape index (κ2) is 11.8. The zero-order chi connectivity index (χ0) is 28.5. The number of aromatic amines is 1. The van der Waals surface area contributed by atoms with Crippen molar-refractivity contribution in [3.63, 3.8) is 0 Å². The SMILES string of the molecule is Nc1ncnc2c1c(-c1ccc3[nH]c(Cc4ccccc4)cc3c1)nn2[C@H]1CC[C@H](N2CCN(CCCO)CC2)CC1. The van der Waals surface area contributed by atoms with E-state index in [-0.39, 0.29) is 6.61 Å². The van der Waals surface area contributed by atoms with Crippen LogP contribution in [0.15, 0.2) is 60.9 Å². The van der Waals surface area contributed by atoms with E-state index in [4.69, 9.17) is 15.9 Å². The first-order chi connectivity index (χ1) is 20.7. The molecular formula is C33H40N8O. The predicted molar refractivity (Wildman–Crippen MR) is 167 cm³/mol. The van der Waals surface area contributed by atoms with Gasteiger partial charge in [0, 0.05) is 74.0 Å². The van der Waals surface area contributed by atoms with Gasteiger partial charge >= 0.3 is 0 Å². The van der Waals surface area contributed by atoms with Crippen molar-refractivity contribution in [3.8, 4) is 11.3 Å². The molecule has 3 aromatic heterocycles. The van der Waals surface area contributed by atoms with Crippen molar-refractivity contribution in [3.05, 3.63) is 72.2 Å². The van der Waals surface area contributed by atoms with Crippen LogP contribution in [-0.2, 0) is 6.42 Å². The van der Waals surface area contributed by atoms with Gasteiger partial charge in [0.05, 0.1) is 11.4 Å². The van der Waals surface area contributed by atoms with Gasteiger partial charge in [0.25, 0.3) is 0 Å². The average molecular weight is 565 g/mol. The molecule has 218 valence electrons. The molecule has 42 heavy (non-hydrogen) atoms. The van der Waals surface area contributed by atoms with Gasteiger partial charge in [0.2, 0.25) is 0 Å². The van der Waals surface area contributed by atoms with Gasteiger partial charge in [0.1, 0.15) is 17.8 Å². The van der Waals surface area contributed by atoms with Gasteiger partial charge in [-0.3, -0.25) is 4.90 Å². The lowest BCUT2D eigenvalue weighted by Crippen LogP contribution is -2.51. The first kappa shape index (κ1) is 27.1. The van der Waals surface area contributed by atoms with Crippen LogP contribution in [0, 0.1) is 0 Å². The van der Waals surface area contributed by atoms with Crippen LogP contribution >= 0.6 is 0 Å². The lowest BCUT2D eigenvalue weighted by molar-refractivity contribution is 0.0680. The summed E-state index contributed by atoms with van der Waals surface area (Å²) in [5.41, 5.74) is 12.8. The van der Waals surface area contributed by atoms with Crippen molar-refractivity contribution in [1.82, 2.24) is 34.5 Å². The van der Waals surface area contributed by atoms with Crippen LogP contribution in [0.1, 0.15) is 49.4 Å². The number of hydrogen-bond donors (Lipinski definition) is 3. The second-order valence-corrected chi connectivity index (χ2v) is 11.9. The zero-order valence-electron chi connectivity index (χ0n) is 24.1. The summed E-state index contributed by atoms with van der Waals surface area (Å²) in [7, 11) is 0. The van der Waals surface area contributed by atoms with E-state index in [1.165, 1.54) is 11.3 Å². The minimum absolute atomic E-state index is 0.279. The fourth-order valence-electron chi connectivity index (χ4n) is 7.02. The number of fused-ring (bicyclic) bond motifs is 2. The van der Waals surface area contributed by atoms with E-state index in [1.807, 2.05) is 0 Å². The molecule has 2 aliphatic rings. The molecular weight excluding hydrogens is 524 g/mol. The third kappa shape index (κ3) is 5.40. The Balaban J connectivity index is 1.10. The van der Waals surface area contributed by atoms with Crippen molar-refractivity contribution >= 4 is 27.8 Å². The van der Waals surface area contributed by atoms with E-state index in [9.17, 15) is 0 Å². The smallest absolute Gasteiger partial charge is 0.164 e.